The maximum atomic E-state index is 14.1. The first-order valence-corrected chi connectivity index (χ1v) is 7.44. The number of methoxy groups -OCH3 is 1. The second-order valence-corrected chi connectivity index (χ2v) is 5.41. The van der Waals surface area contributed by atoms with Crippen molar-refractivity contribution in [3.63, 3.8) is 0 Å². The molecule has 4 N–H and O–H groups in total. The molecule has 0 saturated heterocycles. The lowest BCUT2D eigenvalue weighted by atomic mass is 10.2. The van der Waals surface area contributed by atoms with Crippen LogP contribution in [0.2, 0.25) is 0 Å². The van der Waals surface area contributed by atoms with Gasteiger partial charge in [-0.25, -0.2) is 4.39 Å². The van der Waals surface area contributed by atoms with E-state index in [1.165, 1.54) is 6.07 Å². The number of carbonyl (C=O) groups excluding carboxylic acids is 1. The summed E-state index contributed by atoms with van der Waals surface area (Å²) in [7, 11) is 1.56. The summed E-state index contributed by atoms with van der Waals surface area (Å²) < 4.78 is 19.1. The highest BCUT2D eigenvalue weighted by Crippen LogP contribution is 2.27. The number of nitrogens with two attached hydrogens (primary N) is 1. The van der Waals surface area contributed by atoms with Gasteiger partial charge >= 0.3 is 0 Å². The Kier molecular flexibility index (Phi) is 7.55. The third-order valence-corrected chi connectivity index (χ3v) is 3.64. The van der Waals surface area contributed by atoms with Crippen LogP contribution in [0.3, 0.4) is 0 Å². The molecule has 0 spiro atoms. The van der Waals surface area contributed by atoms with E-state index in [-0.39, 0.29) is 27.5 Å². The van der Waals surface area contributed by atoms with E-state index < -0.39 is 5.82 Å². The van der Waals surface area contributed by atoms with Gasteiger partial charge in [-0.15, -0.1) is 0 Å². The minimum absolute atomic E-state index is 0.116. The van der Waals surface area contributed by atoms with Crippen molar-refractivity contribution in [2.75, 3.05) is 32.1 Å². The Labute approximate surface area is 136 Å². The molecule has 1 amide bonds. The van der Waals surface area contributed by atoms with E-state index in [0.29, 0.717) is 25.3 Å². The van der Waals surface area contributed by atoms with Gasteiger partial charge in [-0.2, -0.15) is 0 Å². The predicted molar refractivity (Wildman–Crippen MR) is 88.0 cm³/mol. The third kappa shape index (κ3) is 5.56. The van der Waals surface area contributed by atoms with E-state index in [1.807, 2.05) is 0 Å². The summed E-state index contributed by atoms with van der Waals surface area (Å²) >= 11 is 7.94. The average Bonchev–Trinajstić information content (AvgIpc) is 2.43. The van der Waals surface area contributed by atoms with Gasteiger partial charge in [0.05, 0.1) is 16.8 Å². The second-order valence-electron chi connectivity index (χ2n) is 4.17. The zero-order chi connectivity index (χ0) is 15.8. The zero-order valence-corrected chi connectivity index (χ0v) is 13.9. The van der Waals surface area contributed by atoms with E-state index >= 15 is 0 Å². The number of hydrogen-bond donors (Lipinski definition) is 3. The highest BCUT2D eigenvalue weighted by Gasteiger charge is 2.12. The van der Waals surface area contributed by atoms with Crippen molar-refractivity contribution in [2.45, 2.75) is 6.42 Å². The Morgan fingerprint density at radius 3 is 2.81 bits per heavy atom. The Morgan fingerprint density at radius 2 is 2.19 bits per heavy atom. The molecule has 0 aliphatic heterocycles. The van der Waals surface area contributed by atoms with Crippen molar-refractivity contribution >= 4 is 44.7 Å². The maximum absolute atomic E-state index is 14.1. The van der Waals surface area contributed by atoms with Crippen LogP contribution in [0.15, 0.2) is 16.6 Å². The molecule has 116 valence electrons. The molecule has 0 aliphatic rings. The number of amides is 1. The molecule has 5 nitrogen and oxygen atoms in total. The zero-order valence-electron chi connectivity index (χ0n) is 11.5. The van der Waals surface area contributed by atoms with Gasteiger partial charge in [-0.3, -0.25) is 4.79 Å². The number of hydrogen-bond acceptors (Lipinski definition) is 4. The van der Waals surface area contributed by atoms with E-state index in [4.69, 9.17) is 22.7 Å². The number of thiocarbonyl (C=S) groups is 1. The van der Waals surface area contributed by atoms with Gasteiger partial charge < -0.3 is 21.1 Å². The standard InChI is InChI=1S/C13H17BrFN3O2S/c1-20-7-6-18-10(19)4-5-17-9-3-2-8(13(16)21)11(14)12(9)15/h2-3,17H,4-7H2,1H3,(H2,16,21)(H,18,19). The summed E-state index contributed by atoms with van der Waals surface area (Å²) in [6.07, 6.45) is 0.234. The van der Waals surface area contributed by atoms with Crippen molar-refractivity contribution < 1.29 is 13.9 Å². The van der Waals surface area contributed by atoms with Crippen LogP contribution < -0.4 is 16.4 Å². The SMILES string of the molecule is COCCNC(=O)CCNc1ccc(C(N)=S)c(Br)c1F. The van der Waals surface area contributed by atoms with Crippen LogP contribution in [0.4, 0.5) is 10.1 Å². The maximum Gasteiger partial charge on any atom is 0.221 e. The van der Waals surface area contributed by atoms with Gasteiger partial charge in [-0.1, -0.05) is 12.2 Å². The molecule has 0 bridgehead atoms. The molecular formula is C13H17BrFN3O2S. The van der Waals surface area contributed by atoms with Gasteiger partial charge in [-0.05, 0) is 28.1 Å². The fourth-order valence-electron chi connectivity index (χ4n) is 1.57. The molecule has 0 fully saturated rings. The molecule has 0 unspecified atom stereocenters. The molecule has 1 aromatic carbocycles. The normalized spacial score (nSPS) is 10.2. The molecule has 21 heavy (non-hydrogen) atoms. The fourth-order valence-corrected chi connectivity index (χ4v) is 2.43. The first-order chi connectivity index (χ1) is 9.97. The topological polar surface area (TPSA) is 76.4 Å². The van der Waals surface area contributed by atoms with Gasteiger partial charge in [0, 0.05) is 32.2 Å². The summed E-state index contributed by atoms with van der Waals surface area (Å²) in [6.45, 7) is 1.23. The number of anilines is 1. The fraction of sp³-hybridized carbons (Fsp3) is 0.385. The van der Waals surface area contributed by atoms with E-state index in [1.54, 1.807) is 13.2 Å². The molecule has 0 aromatic heterocycles. The number of carbonyl (C=O) groups is 1. The van der Waals surface area contributed by atoms with Gasteiger partial charge in [0.25, 0.3) is 0 Å². The number of benzene rings is 1. The van der Waals surface area contributed by atoms with E-state index in [0.717, 1.165) is 0 Å². The lowest BCUT2D eigenvalue weighted by Crippen LogP contribution is -2.28. The van der Waals surface area contributed by atoms with E-state index in [9.17, 15) is 9.18 Å². The van der Waals surface area contributed by atoms with Crippen molar-refractivity contribution in [2.24, 2.45) is 5.73 Å². The average molecular weight is 378 g/mol. The molecule has 0 saturated carbocycles. The summed E-state index contributed by atoms with van der Waals surface area (Å²) in [5, 5.41) is 5.54. The summed E-state index contributed by atoms with van der Waals surface area (Å²) in [6, 6.07) is 3.16. The van der Waals surface area contributed by atoms with Crippen LogP contribution in [0.25, 0.3) is 0 Å². The molecule has 0 radical (unpaired) electrons. The highest BCUT2D eigenvalue weighted by molar-refractivity contribution is 9.10. The number of ether oxygens (including phenoxy) is 1. The number of halogens is 2. The molecule has 1 rings (SSSR count). The van der Waals surface area contributed by atoms with Crippen LogP contribution in [0.5, 0.6) is 0 Å². The smallest absolute Gasteiger partial charge is 0.221 e. The van der Waals surface area contributed by atoms with Crippen LogP contribution in [0.1, 0.15) is 12.0 Å². The number of rotatable bonds is 8. The lowest BCUT2D eigenvalue weighted by Gasteiger charge is -2.11. The summed E-state index contributed by atoms with van der Waals surface area (Å²) in [5.41, 5.74) is 6.20. The van der Waals surface area contributed by atoms with Crippen molar-refractivity contribution in [1.82, 2.24) is 5.32 Å². The molecular weight excluding hydrogens is 361 g/mol. The van der Waals surface area contributed by atoms with Crippen molar-refractivity contribution in [3.05, 3.63) is 28.0 Å². The quantitative estimate of drug-likeness (QED) is 0.475. The first kappa shape index (κ1) is 17.8. The largest absolute Gasteiger partial charge is 0.389 e. The second kappa shape index (κ2) is 8.91. The van der Waals surface area contributed by atoms with Gasteiger partial charge in [0.2, 0.25) is 5.91 Å². The Bertz CT molecular complexity index is 528. The number of nitrogens with one attached hydrogen (secondary N) is 2. The predicted octanol–water partition coefficient (Wildman–Crippen LogP) is 1.79. The van der Waals surface area contributed by atoms with Crippen LogP contribution in [-0.4, -0.2) is 37.7 Å². The molecule has 1 aromatic rings. The van der Waals surface area contributed by atoms with Crippen molar-refractivity contribution in [3.8, 4) is 0 Å². The Balaban J connectivity index is 2.51. The third-order valence-electron chi connectivity index (χ3n) is 2.64. The van der Waals surface area contributed by atoms with E-state index in [2.05, 4.69) is 26.6 Å². The minimum atomic E-state index is -0.486. The van der Waals surface area contributed by atoms with Crippen molar-refractivity contribution in [1.29, 1.82) is 0 Å². The van der Waals surface area contributed by atoms with Crippen LogP contribution >= 0.6 is 28.1 Å². The Hall–Kier alpha value is -1.25. The van der Waals surface area contributed by atoms with Crippen LogP contribution in [0, 0.1) is 5.82 Å². The van der Waals surface area contributed by atoms with Gasteiger partial charge in [0.1, 0.15) is 4.99 Å². The minimum Gasteiger partial charge on any atom is -0.389 e. The monoisotopic (exact) mass is 377 g/mol. The summed E-state index contributed by atoms with van der Waals surface area (Å²) in [4.78, 5) is 11.6. The molecule has 0 heterocycles. The van der Waals surface area contributed by atoms with Gasteiger partial charge in [0.15, 0.2) is 5.82 Å². The Morgan fingerprint density at radius 1 is 1.48 bits per heavy atom. The molecule has 8 heteroatoms. The lowest BCUT2D eigenvalue weighted by molar-refractivity contribution is -0.121. The molecule has 0 atom stereocenters. The van der Waals surface area contributed by atoms with Crippen LogP contribution in [-0.2, 0) is 9.53 Å². The first-order valence-electron chi connectivity index (χ1n) is 6.24. The summed E-state index contributed by atoms with van der Waals surface area (Å²) in [5.74, 6) is -0.612. The highest BCUT2D eigenvalue weighted by atomic mass is 79.9. The molecule has 0 aliphatic carbocycles.